The van der Waals surface area contributed by atoms with E-state index in [9.17, 15) is 0 Å². The lowest BCUT2D eigenvalue weighted by atomic mass is 10.4. The largest absolute Gasteiger partial charge is 0.136 e. The normalized spacial score (nSPS) is 16.4. The van der Waals surface area contributed by atoms with E-state index in [4.69, 9.17) is 0 Å². The Labute approximate surface area is 85.9 Å². The Kier molecular flexibility index (Phi) is 2.94. The molecule has 0 aromatic heterocycles. The molecule has 0 atom stereocenters. The molecule has 0 fully saturated rings. The minimum atomic E-state index is 0.687. The van der Waals surface area contributed by atoms with Gasteiger partial charge in [0.15, 0.2) is 0 Å². The van der Waals surface area contributed by atoms with Gasteiger partial charge in [-0.05, 0) is 17.9 Å². The molecule has 12 heavy (non-hydrogen) atoms. The molecule has 0 N–H and O–H groups in total. The fraction of sp³-hybridized carbons (Fsp3) is 0.333. The second-order valence-corrected chi connectivity index (χ2v) is 7.00. The van der Waals surface area contributed by atoms with Crippen LogP contribution in [0.5, 0.6) is 0 Å². The van der Waals surface area contributed by atoms with Crippen LogP contribution in [0.4, 0.5) is 0 Å². The predicted molar refractivity (Wildman–Crippen MR) is 60.1 cm³/mol. The van der Waals surface area contributed by atoms with Crippen LogP contribution in [0.1, 0.15) is 6.92 Å². The van der Waals surface area contributed by atoms with Crippen molar-refractivity contribution in [3.8, 4) is 0 Å². The number of hydrogen-bond donors (Lipinski definition) is 0. The second-order valence-electron chi connectivity index (χ2n) is 2.43. The zero-order valence-corrected chi connectivity index (χ0v) is 9.27. The first-order valence-electron chi connectivity index (χ1n) is 3.94. The first kappa shape index (κ1) is 8.85. The van der Waals surface area contributed by atoms with Crippen LogP contribution < -0.4 is 0 Å². The molecule has 0 radical (unpaired) electrons. The van der Waals surface area contributed by atoms with Crippen LogP contribution in [0.25, 0.3) is 0 Å². The van der Waals surface area contributed by atoms with Gasteiger partial charge in [-0.15, -0.1) is 11.8 Å². The maximum Gasteiger partial charge on any atom is 0.105 e. The lowest BCUT2D eigenvalue weighted by molar-refractivity contribution is 1.27. The van der Waals surface area contributed by atoms with Crippen LogP contribution in [0.3, 0.4) is 0 Å². The van der Waals surface area contributed by atoms with Gasteiger partial charge < -0.3 is 0 Å². The summed E-state index contributed by atoms with van der Waals surface area (Å²) in [5.74, 6) is 1.21. The number of thioether (sulfide) groups is 3. The summed E-state index contributed by atoms with van der Waals surface area (Å²) in [4.78, 5) is 2.90. The number of hydrogen-bond acceptors (Lipinski definition) is 3. The minimum Gasteiger partial charge on any atom is -0.136 e. The van der Waals surface area contributed by atoms with Gasteiger partial charge in [0.05, 0.1) is 0 Å². The molecule has 1 aromatic rings. The Hall–Kier alpha value is 0.270. The second kappa shape index (κ2) is 3.99. The molecular weight excluding hydrogens is 204 g/mol. The first-order valence-corrected chi connectivity index (χ1v) is 6.75. The van der Waals surface area contributed by atoms with Crippen molar-refractivity contribution in [2.75, 3.05) is 5.75 Å². The summed E-state index contributed by atoms with van der Waals surface area (Å²) in [5, 5.41) is 0. The van der Waals surface area contributed by atoms with Crippen molar-refractivity contribution < 1.29 is 0 Å². The molecule has 1 heterocycles. The highest BCUT2D eigenvalue weighted by Crippen LogP contribution is 2.51. The average molecular weight is 214 g/mol. The Balaban J connectivity index is 2.11. The molecule has 1 aliphatic rings. The molecule has 1 aromatic carbocycles. The average Bonchev–Trinajstić information content (AvgIpc) is 2.47. The third-order valence-corrected chi connectivity index (χ3v) is 5.91. The van der Waals surface area contributed by atoms with Crippen molar-refractivity contribution in [3.05, 3.63) is 24.3 Å². The fourth-order valence-electron chi connectivity index (χ4n) is 1.08. The van der Waals surface area contributed by atoms with Gasteiger partial charge in [-0.25, -0.2) is 0 Å². The summed E-state index contributed by atoms with van der Waals surface area (Å²) in [6.07, 6.45) is 0. The molecule has 3 heteroatoms. The van der Waals surface area contributed by atoms with Gasteiger partial charge in [-0.1, -0.05) is 42.6 Å². The summed E-state index contributed by atoms with van der Waals surface area (Å²) < 4.78 is 0.687. The van der Waals surface area contributed by atoms with Crippen LogP contribution in [0.15, 0.2) is 34.1 Å². The molecule has 0 nitrogen and oxygen atoms in total. The smallest absolute Gasteiger partial charge is 0.105 e. The molecule has 0 aliphatic carbocycles. The maximum absolute atomic E-state index is 2.22. The van der Waals surface area contributed by atoms with E-state index in [0.717, 1.165) is 0 Å². The van der Waals surface area contributed by atoms with Crippen LogP contribution >= 0.6 is 35.3 Å². The zero-order chi connectivity index (χ0) is 8.39. The lowest BCUT2D eigenvalue weighted by Crippen LogP contribution is -1.82. The van der Waals surface area contributed by atoms with Gasteiger partial charge in [-0.3, -0.25) is 0 Å². The third kappa shape index (κ3) is 1.78. The van der Waals surface area contributed by atoms with Gasteiger partial charge >= 0.3 is 0 Å². The summed E-state index contributed by atoms with van der Waals surface area (Å²) >= 11 is 5.99. The van der Waals surface area contributed by atoms with E-state index in [1.54, 1.807) is 0 Å². The molecule has 0 spiro atoms. The molecule has 0 unspecified atom stereocenters. The Morgan fingerprint density at radius 3 is 2.33 bits per heavy atom. The van der Waals surface area contributed by atoms with Gasteiger partial charge in [0.25, 0.3) is 0 Å². The SMILES string of the molecule is CCSC1Sc2ccccc2S1. The number of rotatable bonds is 2. The number of benzene rings is 1. The highest BCUT2D eigenvalue weighted by Gasteiger charge is 2.21. The maximum atomic E-state index is 2.22. The highest BCUT2D eigenvalue weighted by atomic mass is 32.3. The lowest BCUT2D eigenvalue weighted by Gasteiger charge is -2.02. The molecule has 0 saturated carbocycles. The fourth-order valence-corrected chi connectivity index (χ4v) is 5.54. The minimum absolute atomic E-state index is 0.687. The Morgan fingerprint density at radius 2 is 1.83 bits per heavy atom. The molecule has 1 aliphatic heterocycles. The number of fused-ring (bicyclic) bond motifs is 1. The predicted octanol–water partition coefficient (Wildman–Crippen LogP) is 3.92. The topological polar surface area (TPSA) is 0 Å². The van der Waals surface area contributed by atoms with Crippen molar-refractivity contribution in [2.45, 2.75) is 20.6 Å². The molecule has 64 valence electrons. The van der Waals surface area contributed by atoms with Crippen molar-refractivity contribution in [2.24, 2.45) is 0 Å². The van der Waals surface area contributed by atoms with Crippen molar-refractivity contribution in [3.63, 3.8) is 0 Å². The van der Waals surface area contributed by atoms with E-state index in [0.29, 0.717) is 3.91 Å². The van der Waals surface area contributed by atoms with Crippen LogP contribution in [-0.4, -0.2) is 9.67 Å². The van der Waals surface area contributed by atoms with Crippen LogP contribution in [0, 0.1) is 0 Å². The van der Waals surface area contributed by atoms with Crippen molar-refractivity contribution in [1.82, 2.24) is 0 Å². The van der Waals surface area contributed by atoms with Crippen LogP contribution in [-0.2, 0) is 0 Å². The van der Waals surface area contributed by atoms with Crippen molar-refractivity contribution in [1.29, 1.82) is 0 Å². The molecule has 0 bridgehead atoms. The summed E-state index contributed by atoms with van der Waals surface area (Å²) in [5.41, 5.74) is 0. The summed E-state index contributed by atoms with van der Waals surface area (Å²) in [6.45, 7) is 2.22. The van der Waals surface area contributed by atoms with E-state index in [2.05, 4.69) is 31.2 Å². The van der Waals surface area contributed by atoms with E-state index in [1.165, 1.54) is 15.5 Å². The van der Waals surface area contributed by atoms with Gasteiger partial charge in [-0.2, -0.15) is 0 Å². The molecule has 2 rings (SSSR count). The van der Waals surface area contributed by atoms with Gasteiger partial charge in [0.2, 0.25) is 0 Å². The van der Waals surface area contributed by atoms with E-state index in [1.807, 2.05) is 35.3 Å². The van der Waals surface area contributed by atoms with E-state index < -0.39 is 0 Å². The zero-order valence-electron chi connectivity index (χ0n) is 6.82. The quantitative estimate of drug-likeness (QED) is 0.732. The third-order valence-electron chi connectivity index (χ3n) is 1.60. The molecule has 0 saturated heterocycles. The molecule has 0 amide bonds. The van der Waals surface area contributed by atoms with Gasteiger partial charge in [0, 0.05) is 9.79 Å². The Morgan fingerprint density at radius 1 is 1.25 bits per heavy atom. The summed E-state index contributed by atoms with van der Waals surface area (Å²) in [7, 11) is 0. The van der Waals surface area contributed by atoms with Crippen LogP contribution in [0.2, 0.25) is 0 Å². The van der Waals surface area contributed by atoms with Gasteiger partial charge in [0.1, 0.15) is 3.91 Å². The first-order chi connectivity index (χ1) is 5.90. The standard InChI is InChI=1S/C9H10S3/c1-2-10-9-11-7-5-3-4-6-8(7)12-9/h3-6,9H,2H2,1H3. The highest BCUT2D eigenvalue weighted by molar-refractivity contribution is 8.33. The Bertz CT molecular complexity index is 247. The van der Waals surface area contributed by atoms with Crippen molar-refractivity contribution >= 4 is 35.3 Å². The van der Waals surface area contributed by atoms with E-state index >= 15 is 0 Å². The molecular formula is C9H10S3. The summed E-state index contributed by atoms with van der Waals surface area (Å²) in [6, 6.07) is 8.66. The monoisotopic (exact) mass is 214 g/mol. The van der Waals surface area contributed by atoms with E-state index in [-0.39, 0.29) is 0 Å².